The van der Waals surface area contributed by atoms with Gasteiger partial charge in [0.25, 0.3) is 0 Å². The second-order valence-electron chi connectivity index (χ2n) is 6.23. The minimum atomic E-state index is -3.09. The van der Waals surface area contributed by atoms with Crippen molar-refractivity contribution in [3.63, 3.8) is 0 Å². The number of aliphatic carboxylic acids is 1. The topological polar surface area (TPSA) is 113 Å². The van der Waals surface area contributed by atoms with Gasteiger partial charge in [0.05, 0.1) is 5.75 Å². The Labute approximate surface area is 142 Å². The first-order valence-corrected chi connectivity index (χ1v) is 9.45. The van der Waals surface area contributed by atoms with E-state index >= 15 is 0 Å². The zero-order valence-corrected chi connectivity index (χ0v) is 14.9. The molecule has 0 bridgehead atoms. The molecule has 0 aromatic heterocycles. The number of carbonyl (C=O) groups is 2. The van der Waals surface area contributed by atoms with Crippen molar-refractivity contribution in [3.05, 3.63) is 29.8 Å². The minimum absolute atomic E-state index is 0.0296. The van der Waals surface area contributed by atoms with Gasteiger partial charge in [-0.05, 0) is 38.0 Å². The summed E-state index contributed by atoms with van der Waals surface area (Å²) >= 11 is 0. The van der Waals surface area contributed by atoms with E-state index in [4.69, 9.17) is 5.11 Å². The number of amides is 2. The molecule has 134 valence electrons. The summed E-state index contributed by atoms with van der Waals surface area (Å²) in [6.45, 7) is 5.09. The first kappa shape index (κ1) is 20.0. The van der Waals surface area contributed by atoms with E-state index in [2.05, 4.69) is 10.6 Å². The molecule has 0 saturated carbocycles. The second-order valence-corrected chi connectivity index (χ2v) is 8.58. The Bertz CT molecular complexity index is 681. The molecule has 1 rings (SSSR count). The van der Waals surface area contributed by atoms with E-state index in [0.717, 1.165) is 0 Å². The van der Waals surface area contributed by atoms with E-state index in [0.29, 0.717) is 17.7 Å². The molecule has 2 amide bonds. The largest absolute Gasteiger partial charge is 0.481 e. The highest BCUT2D eigenvalue weighted by atomic mass is 32.2. The molecule has 1 aromatic rings. The molecule has 0 aliphatic heterocycles. The summed E-state index contributed by atoms with van der Waals surface area (Å²) in [7, 11) is -3.09. The van der Waals surface area contributed by atoms with Crippen LogP contribution in [-0.2, 0) is 20.4 Å². The fourth-order valence-electron chi connectivity index (χ4n) is 1.99. The number of carboxylic acids is 1. The maximum absolute atomic E-state index is 12.0. The minimum Gasteiger partial charge on any atom is -0.481 e. The number of benzene rings is 1. The van der Waals surface area contributed by atoms with Crippen molar-refractivity contribution in [2.75, 3.05) is 11.1 Å². The second kappa shape index (κ2) is 8.14. The number of anilines is 1. The molecule has 0 radical (unpaired) electrons. The van der Waals surface area contributed by atoms with Crippen LogP contribution in [0.4, 0.5) is 10.5 Å². The lowest BCUT2D eigenvalue weighted by molar-refractivity contribution is -0.137. The Morgan fingerprint density at radius 1 is 1.17 bits per heavy atom. The van der Waals surface area contributed by atoms with Crippen LogP contribution >= 0.6 is 0 Å². The maximum atomic E-state index is 12.0. The van der Waals surface area contributed by atoms with Gasteiger partial charge in [0, 0.05) is 23.4 Å². The van der Waals surface area contributed by atoms with Crippen LogP contribution in [0.5, 0.6) is 0 Å². The molecule has 1 aromatic carbocycles. The van der Waals surface area contributed by atoms with E-state index in [1.54, 1.807) is 45.0 Å². The quantitative estimate of drug-likeness (QED) is 0.662. The number of hydrogen-bond donors (Lipinski definition) is 3. The number of nitrogens with one attached hydrogen (secondary N) is 2. The monoisotopic (exact) mass is 356 g/mol. The zero-order chi connectivity index (χ0) is 18.4. The number of carbonyl (C=O) groups excluding carboxylic acids is 1. The average Bonchev–Trinajstić information content (AvgIpc) is 2.46. The highest BCUT2D eigenvalue weighted by molar-refractivity contribution is 7.90. The normalized spacial score (nSPS) is 11.8. The standard InChI is InChI=1S/C16H24N2O5S/c1-4-24(22,23)11-12-5-7-13(8-6-12)17-15(21)18-16(2,3)10-9-14(19)20/h5-8H,4,9-11H2,1-3H3,(H,19,20)(H2,17,18,21). The van der Waals surface area contributed by atoms with Gasteiger partial charge in [0.15, 0.2) is 9.84 Å². The lowest BCUT2D eigenvalue weighted by Crippen LogP contribution is -2.45. The molecule has 0 fully saturated rings. The third-order valence-corrected chi connectivity index (χ3v) is 5.11. The van der Waals surface area contributed by atoms with E-state index in [1.165, 1.54) is 0 Å². The number of carboxylic acid groups (broad SMARTS) is 1. The molecular weight excluding hydrogens is 332 g/mol. The molecule has 0 atom stereocenters. The van der Waals surface area contributed by atoms with Crippen molar-refractivity contribution in [2.24, 2.45) is 0 Å². The van der Waals surface area contributed by atoms with Gasteiger partial charge in [0.2, 0.25) is 0 Å². The number of hydrogen-bond acceptors (Lipinski definition) is 4. The number of sulfone groups is 1. The highest BCUT2D eigenvalue weighted by Crippen LogP contribution is 2.14. The van der Waals surface area contributed by atoms with Gasteiger partial charge in [-0.15, -0.1) is 0 Å². The third kappa shape index (κ3) is 7.45. The fraction of sp³-hybridized carbons (Fsp3) is 0.500. The van der Waals surface area contributed by atoms with Crippen molar-refractivity contribution in [2.45, 2.75) is 44.9 Å². The Morgan fingerprint density at radius 3 is 2.25 bits per heavy atom. The number of urea groups is 1. The summed E-state index contributed by atoms with van der Waals surface area (Å²) < 4.78 is 23.2. The summed E-state index contributed by atoms with van der Waals surface area (Å²) in [5.41, 5.74) is 0.529. The molecule has 0 heterocycles. The lowest BCUT2D eigenvalue weighted by atomic mass is 9.99. The van der Waals surface area contributed by atoms with Gasteiger partial charge in [-0.2, -0.15) is 0 Å². The Hall–Kier alpha value is -2.09. The van der Waals surface area contributed by atoms with E-state index in [-0.39, 0.29) is 17.9 Å². The molecule has 7 nitrogen and oxygen atoms in total. The van der Waals surface area contributed by atoms with Crippen LogP contribution in [0.2, 0.25) is 0 Å². The van der Waals surface area contributed by atoms with Gasteiger partial charge in [-0.25, -0.2) is 13.2 Å². The summed E-state index contributed by atoms with van der Waals surface area (Å²) in [5, 5.41) is 14.1. The van der Waals surface area contributed by atoms with Crippen molar-refractivity contribution < 1.29 is 23.1 Å². The van der Waals surface area contributed by atoms with E-state index in [9.17, 15) is 18.0 Å². The van der Waals surface area contributed by atoms with E-state index in [1.807, 2.05) is 0 Å². The molecule has 0 aliphatic carbocycles. The van der Waals surface area contributed by atoms with Crippen molar-refractivity contribution in [1.82, 2.24) is 5.32 Å². The van der Waals surface area contributed by atoms with Crippen LogP contribution in [0.3, 0.4) is 0 Å². The smallest absolute Gasteiger partial charge is 0.319 e. The SMILES string of the molecule is CCS(=O)(=O)Cc1ccc(NC(=O)NC(C)(C)CCC(=O)O)cc1. The molecule has 8 heteroatoms. The predicted molar refractivity (Wildman–Crippen MR) is 92.7 cm³/mol. The zero-order valence-electron chi connectivity index (χ0n) is 14.1. The van der Waals surface area contributed by atoms with Gasteiger partial charge in [-0.3, -0.25) is 4.79 Å². The van der Waals surface area contributed by atoms with Crippen LogP contribution in [-0.4, -0.2) is 36.8 Å². The Kier molecular flexibility index (Phi) is 6.77. The molecular formula is C16H24N2O5S. The van der Waals surface area contributed by atoms with Crippen molar-refractivity contribution in [3.8, 4) is 0 Å². The van der Waals surface area contributed by atoms with Crippen molar-refractivity contribution >= 4 is 27.5 Å². The molecule has 0 saturated heterocycles. The van der Waals surface area contributed by atoms with Gasteiger partial charge >= 0.3 is 12.0 Å². The summed E-state index contributed by atoms with van der Waals surface area (Å²) in [6, 6.07) is 6.12. The van der Waals surface area contributed by atoms with Crippen LogP contribution in [0.15, 0.2) is 24.3 Å². The Balaban J connectivity index is 2.60. The molecule has 24 heavy (non-hydrogen) atoms. The fourth-order valence-corrected chi connectivity index (χ4v) is 2.90. The van der Waals surface area contributed by atoms with Crippen LogP contribution in [0.25, 0.3) is 0 Å². The maximum Gasteiger partial charge on any atom is 0.319 e. The Morgan fingerprint density at radius 2 is 1.75 bits per heavy atom. The average molecular weight is 356 g/mol. The van der Waals surface area contributed by atoms with Gasteiger partial charge < -0.3 is 15.7 Å². The van der Waals surface area contributed by atoms with Crippen LogP contribution in [0, 0.1) is 0 Å². The van der Waals surface area contributed by atoms with E-state index < -0.39 is 27.4 Å². The van der Waals surface area contributed by atoms with Crippen LogP contribution < -0.4 is 10.6 Å². The predicted octanol–water partition coefficient (Wildman–Crippen LogP) is 2.39. The van der Waals surface area contributed by atoms with Gasteiger partial charge in [-0.1, -0.05) is 19.1 Å². The lowest BCUT2D eigenvalue weighted by Gasteiger charge is -2.25. The third-order valence-electron chi connectivity index (χ3n) is 3.45. The van der Waals surface area contributed by atoms with Crippen molar-refractivity contribution in [1.29, 1.82) is 0 Å². The molecule has 3 N–H and O–H groups in total. The van der Waals surface area contributed by atoms with Crippen LogP contribution in [0.1, 0.15) is 39.2 Å². The molecule has 0 spiro atoms. The van der Waals surface area contributed by atoms with Gasteiger partial charge in [0.1, 0.15) is 0 Å². The first-order valence-electron chi connectivity index (χ1n) is 7.63. The molecule has 0 unspecified atom stereocenters. The summed E-state index contributed by atoms with van der Waals surface area (Å²) in [4.78, 5) is 22.6. The number of rotatable bonds is 8. The summed E-state index contributed by atoms with van der Waals surface area (Å²) in [6.07, 6.45) is 0.275. The molecule has 0 aliphatic rings. The summed E-state index contributed by atoms with van der Waals surface area (Å²) in [5.74, 6) is -0.859. The first-order chi connectivity index (χ1) is 11.0. The highest BCUT2D eigenvalue weighted by Gasteiger charge is 2.21.